The molecule has 0 amide bonds. The van der Waals surface area contributed by atoms with E-state index in [0.717, 1.165) is 36.4 Å². The van der Waals surface area contributed by atoms with Crippen molar-refractivity contribution >= 4 is 34.1 Å². The van der Waals surface area contributed by atoms with Gasteiger partial charge in [0.05, 0.1) is 11.6 Å². The summed E-state index contributed by atoms with van der Waals surface area (Å²) in [6, 6.07) is 4.21. The maximum absolute atomic E-state index is 4.49. The molecule has 3 rings (SSSR count). The molecule has 0 atom stereocenters. The van der Waals surface area contributed by atoms with E-state index in [2.05, 4.69) is 48.3 Å². The monoisotopic (exact) mass is 288 g/mol. The van der Waals surface area contributed by atoms with E-state index in [0.29, 0.717) is 5.95 Å². The molecule has 0 aliphatic rings. The first kappa shape index (κ1) is 12.9. The zero-order chi connectivity index (χ0) is 13.8. The van der Waals surface area contributed by atoms with Crippen LogP contribution in [0, 0.1) is 0 Å². The Bertz CT molecular complexity index is 675. The highest BCUT2D eigenvalue weighted by Crippen LogP contribution is 2.20. The summed E-state index contributed by atoms with van der Waals surface area (Å²) < 4.78 is 0. The van der Waals surface area contributed by atoms with Crippen molar-refractivity contribution < 1.29 is 0 Å². The van der Waals surface area contributed by atoms with E-state index < -0.39 is 0 Å². The fourth-order valence-electron chi connectivity index (χ4n) is 1.97. The zero-order valence-corrected chi connectivity index (χ0v) is 12.0. The van der Waals surface area contributed by atoms with Crippen LogP contribution in [-0.2, 0) is 6.42 Å². The van der Waals surface area contributed by atoms with Crippen LogP contribution in [0.4, 0.5) is 11.8 Å². The number of anilines is 2. The number of fused-ring (bicyclic) bond motifs is 1. The third-order valence-corrected chi connectivity index (χ3v) is 3.82. The van der Waals surface area contributed by atoms with Crippen LogP contribution in [0.2, 0.25) is 0 Å². The first-order valence-electron chi connectivity index (χ1n) is 6.58. The van der Waals surface area contributed by atoms with Gasteiger partial charge in [-0.25, -0.2) is 0 Å². The molecule has 104 valence electrons. The normalized spacial score (nSPS) is 10.8. The smallest absolute Gasteiger partial charge is 0.226 e. The molecule has 0 saturated heterocycles. The summed E-state index contributed by atoms with van der Waals surface area (Å²) >= 11 is 1.77. The van der Waals surface area contributed by atoms with Crippen LogP contribution in [0.3, 0.4) is 0 Å². The average molecular weight is 288 g/mol. The second-order valence-electron chi connectivity index (χ2n) is 4.31. The molecule has 3 aromatic heterocycles. The first-order chi connectivity index (χ1) is 9.86. The van der Waals surface area contributed by atoms with Gasteiger partial charge in [0.2, 0.25) is 5.95 Å². The molecule has 0 spiro atoms. The summed E-state index contributed by atoms with van der Waals surface area (Å²) in [6.07, 6.45) is 2.73. The Balaban J connectivity index is 1.76. The fourth-order valence-corrected chi connectivity index (χ4v) is 2.67. The van der Waals surface area contributed by atoms with Gasteiger partial charge in [-0.3, -0.25) is 5.10 Å². The Hall–Kier alpha value is -2.15. The molecule has 0 saturated carbocycles. The molecule has 0 fully saturated rings. The molecular formula is C13H16N6S. The Kier molecular flexibility index (Phi) is 3.78. The Morgan fingerprint density at radius 1 is 1.30 bits per heavy atom. The molecule has 0 unspecified atom stereocenters. The summed E-state index contributed by atoms with van der Waals surface area (Å²) in [4.78, 5) is 10.2. The zero-order valence-electron chi connectivity index (χ0n) is 11.2. The number of thiophene rings is 1. The van der Waals surface area contributed by atoms with Crippen LogP contribution < -0.4 is 10.6 Å². The number of H-pyrrole nitrogens is 1. The van der Waals surface area contributed by atoms with Gasteiger partial charge in [-0.1, -0.05) is 6.07 Å². The third-order valence-electron chi connectivity index (χ3n) is 2.89. The van der Waals surface area contributed by atoms with Crippen molar-refractivity contribution in [3.05, 3.63) is 28.6 Å². The van der Waals surface area contributed by atoms with Crippen LogP contribution in [0.1, 0.15) is 11.8 Å². The Morgan fingerprint density at radius 3 is 3.05 bits per heavy atom. The van der Waals surface area contributed by atoms with E-state index >= 15 is 0 Å². The SMILES string of the molecule is CCNc1nc(NCCc2cccs2)c2cn[nH]c2n1. The van der Waals surface area contributed by atoms with Gasteiger partial charge < -0.3 is 10.6 Å². The number of aromatic nitrogens is 4. The van der Waals surface area contributed by atoms with Gasteiger partial charge in [0.15, 0.2) is 5.65 Å². The predicted molar refractivity (Wildman–Crippen MR) is 82.4 cm³/mol. The van der Waals surface area contributed by atoms with E-state index in [1.54, 1.807) is 17.5 Å². The van der Waals surface area contributed by atoms with E-state index in [-0.39, 0.29) is 0 Å². The van der Waals surface area contributed by atoms with Gasteiger partial charge in [0.1, 0.15) is 5.82 Å². The second-order valence-corrected chi connectivity index (χ2v) is 5.35. The average Bonchev–Trinajstić information content (AvgIpc) is 3.09. The quantitative estimate of drug-likeness (QED) is 0.649. The molecule has 0 aliphatic heterocycles. The van der Waals surface area contributed by atoms with Crippen molar-refractivity contribution in [2.24, 2.45) is 0 Å². The van der Waals surface area contributed by atoms with Crippen LogP contribution >= 0.6 is 11.3 Å². The lowest BCUT2D eigenvalue weighted by Crippen LogP contribution is -2.09. The summed E-state index contributed by atoms with van der Waals surface area (Å²) in [5.74, 6) is 1.43. The second kappa shape index (κ2) is 5.87. The lowest BCUT2D eigenvalue weighted by atomic mass is 10.3. The maximum atomic E-state index is 4.49. The molecular weight excluding hydrogens is 272 g/mol. The molecule has 3 heterocycles. The standard InChI is InChI=1S/C13H16N6S/c1-2-14-13-17-11(10-8-16-19-12(10)18-13)15-6-5-9-4-3-7-20-9/h3-4,7-8H,2,5-6H2,1H3,(H3,14,15,16,17,18,19). The molecule has 3 aromatic rings. The fraction of sp³-hybridized carbons (Fsp3) is 0.308. The van der Waals surface area contributed by atoms with Gasteiger partial charge >= 0.3 is 0 Å². The Morgan fingerprint density at radius 2 is 2.25 bits per heavy atom. The van der Waals surface area contributed by atoms with Crippen LogP contribution in [0.15, 0.2) is 23.7 Å². The van der Waals surface area contributed by atoms with Crippen molar-refractivity contribution in [2.45, 2.75) is 13.3 Å². The van der Waals surface area contributed by atoms with E-state index in [1.807, 2.05) is 6.92 Å². The summed E-state index contributed by atoms with van der Waals surface area (Å²) in [6.45, 7) is 3.64. The van der Waals surface area contributed by atoms with Crippen molar-refractivity contribution in [2.75, 3.05) is 23.7 Å². The van der Waals surface area contributed by atoms with Crippen LogP contribution in [0.25, 0.3) is 11.0 Å². The van der Waals surface area contributed by atoms with Crippen LogP contribution in [-0.4, -0.2) is 33.3 Å². The Labute approximate surface area is 120 Å². The van der Waals surface area contributed by atoms with Crippen molar-refractivity contribution in [1.82, 2.24) is 20.2 Å². The largest absolute Gasteiger partial charge is 0.369 e. The lowest BCUT2D eigenvalue weighted by molar-refractivity contribution is 1.02. The van der Waals surface area contributed by atoms with Crippen molar-refractivity contribution in [1.29, 1.82) is 0 Å². The molecule has 6 nitrogen and oxygen atoms in total. The number of aromatic amines is 1. The summed E-state index contributed by atoms with van der Waals surface area (Å²) in [7, 11) is 0. The van der Waals surface area contributed by atoms with E-state index in [1.165, 1.54) is 4.88 Å². The van der Waals surface area contributed by atoms with E-state index in [4.69, 9.17) is 0 Å². The molecule has 0 aliphatic carbocycles. The topological polar surface area (TPSA) is 78.5 Å². The molecule has 0 bridgehead atoms. The van der Waals surface area contributed by atoms with Crippen molar-refractivity contribution in [3.63, 3.8) is 0 Å². The maximum Gasteiger partial charge on any atom is 0.226 e. The number of hydrogen-bond donors (Lipinski definition) is 3. The van der Waals surface area contributed by atoms with Gasteiger partial charge in [0, 0.05) is 18.0 Å². The highest BCUT2D eigenvalue weighted by atomic mass is 32.1. The number of nitrogens with zero attached hydrogens (tertiary/aromatic N) is 3. The molecule has 0 aromatic carbocycles. The molecule has 0 radical (unpaired) electrons. The predicted octanol–water partition coefficient (Wildman–Crippen LogP) is 2.50. The van der Waals surface area contributed by atoms with E-state index in [9.17, 15) is 0 Å². The molecule has 3 N–H and O–H groups in total. The van der Waals surface area contributed by atoms with Gasteiger partial charge in [-0.2, -0.15) is 15.1 Å². The minimum atomic E-state index is 0.614. The first-order valence-corrected chi connectivity index (χ1v) is 7.46. The minimum absolute atomic E-state index is 0.614. The van der Waals surface area contributed by atoms with Gasteiger partial charge in [-0.05, 0) is 24.8 Å². The minimum Gasteiger partial charge on any atom is -0.369 e. The highest BCUT2D eigenvalue weighted by molar-refractivity contribution is 7.09. The molecule has 7 heteroatoms. The number of rotatable bonds is 6. The summed E-state index contributed by atoms with van der Waals surface area (Å²) in [5, 5.41) is 16.4. The van der Waals surface area contributed by atoms with Gasteiger partial charge in [0.25, 0.3) is 0 Å². The third kappa shape index (κ3) is 2.72. The highest BCUT2D eigenvalue weighted by Gasteiger charge is 2.08. The number of nitrogens with one attached hydrogen (secondary N) is 3. The summed E-state index contributed by atoms with van der Waals surface area (Å²) in [5.41, 5.74) is 0.745. The number of hydrogen-bond acceptors (Lipinski definition) is 6. The molecule has 20 heavy (non-hydrogen) atoms. The van der Waals surface area contributed by atoms with Gasteiger partial charge in [-0.15, -0.1) is 11.3 Å². The van der Waals surface area contributed by atoms with Crippen LogP contribution in [0.5, 0.6) is 0 Å². The van der Waals surface area contributed by atoms with Crippen molar-refractivity contribution in [3.8, 4) is 0 Å². The lowest BCUT2D eigenvalue weighted by Gasteiger charge is -2.08.